The molecule has 0 aliphatic rings. The molecule has 0 saturated heterocycles. The van der Waals surface area contributed by atoms with Gasteiger partial charge in [-0.15, -0.1) is 0 Å². The van der Waals surface area contributed by atoms with E-state index >= 15 is 0 Å². The van der Waals surface area contributed by atoms with Gasteiger partial charge in [-0.2, -0.15) is 0 Å². The van der Waals surface area contributed by atoms with Crippen molar-refractivity contribution in [2.24, 2.45) is 0 Å². The second-order valence-corrected chi connectivity index (χ2v) is 4.08. The summed E-state index contributed by atoms with van der Waals surface area (Å²) in [5.74, 6) is -1.77. The minimum absolute atomic E-state index is 0.0713. The number of halogens is 1. The lowest BCUT2D eigenvalue weighted by Crippen LogP contribution is -2.03. The standard InChI is InChI=1S/C13H9ClO5/c1-18-11-6-7(14)2-3-8(11)12(15)9-4-5-10(19-9)13(16)17/h2-6H,1H3,(H,16,17). The van der Waals surface area contributed by atoms with Crippen LogP contribution in [0.4, 0.5) is 0 Å². The molecule has 0 radical (unpaired) electrons. The van der Waals surface area contributed by atoms with Crippen LogP contribution >= 0.6 is 11.6 Å². The summed E-state index contributed by atoms with van der Waals surface area (Å²) in [5.41, 5.74) is 0.248. The van der Waals surface area contributed by atoms with Crippen LogP contribution in [0.3, 0.4) is 0 Å². The first-order chi connectivity index (χ1) is 9.02. The maximum Gasteiger partial charge on any atom is 0.371 e. The molecular formula is C13H9ClO5. The minimum atomic E-state index is -1.23. The number of methoxy groups -OCH3 is 1. The van der Waals surface area contributed by atoms with Crippen LogP contribution in [0.5, 0.6) is 5.75 Å². The summed E-state index contributed by atoms with van der Waals surface area (Å²) in [6, 6.07) is 7.05. The fourth-order valence-corrected chi connectivity index (χ4v) is 1.72. The van der Waals surface area contributed by atoms with E-state index in [2.05, 4.69) is 0 Å². The largest absolute Gasteiger partial charge is 0.496 e. The molecule has 5 nitrogen and oxygen atoms in total. The Labute approximate surface area is 113 Å². The quantitative estimate of drug-likeness (QED) is 0.872. The molecule has 0 aliphatic carbocycles. The zero-order valence-corrected chi connectivity index (χ0v) is 10.6. The third-order valence-electron chi connectivity index (χ3n) is 2.45. The van der Waals surface area contributed by atoms with E-state index < -0.39 is 11.8 Å². The predicted molar refractivity (Wildman–Crippen MR) is 67.1 cm³/mol. The molecule has 0 bridgehead atoms. The van der Waals surface area contributed by atoms with Crippen LogP contribution in [0.1, 0.15) is 26.7 Å². The van der Waals surface area contributed by atoms with Gasteiger partial charge in [0, 0.05) is 5.02 Å². The second kappa shape index (κ2) is 5.16. The van der Waals surface area contributed by atoms with E-state index in [4.69, 9.17) is 25.9 Å². The molecule has 2 rings (SSSR count). The van der Waals surface area contributed by atoms with Crippen molar-refractivity contribution in [3.05, 3.63) is 52.4 Å². The normalized spacial score (nSPS) is 10.2. The molecule has 0 fully saturated rings. The Morgan fingerprint density at radius 1 is 1.21 bits per heavy atom. The van der Waals surface area contributed by atoms with Gasteiger partial charge in [-0.05, 0) is 30.3 Å². The third kappa shape index (κ3) is 2.61. The molecule has 0 atom stereocenters. The maximum absolute atomic E-state index is 12.2. The summed E-state index contributed by atoms with van der Waals surface area (Å²) < 4.78 is 10.0. The number of hydrogen-bond donors (Lipinski definition) is 1. The SMILES string of the molecule is COc1cc(Cl)ccc1C(=O)c1ccc(C(=O)O)o1. The Bertz CT molecular complexity index is 644. The Balaban J connectivity index is 2.40. The maximum atomic E-state index is 12.2. The van der Waals surface area contributed by atoms with Crippen LogP contribution in [0.15, 0.2) is 34.7 Å². The Kier molecular flexibility index (Phi) is 3.57. The lowest BCUT2D eigenvalue weighted by atomic mass is 10.1. The highest BCUT2D eigenvalue weighted by molar-refractivity contribution is 6.31. The van der Waals surface area contributed by atoms with Gasteiger partial charge in [-0.1, -0.05) is 11.6 Å². The molecule has 19 heavy (non-hydrogen) atoms. The Morgan fingerprint density at radius 2 is 1.89 bits per heavy atom. The van der Waals surface area contributed by atoms with Gasteiger partial charge < -0.3 is 14.3 Å². The molecule has 0 saturated carbocycles. The predicted octanol–water partition coefficient (Wildman–Crippen LogP) is 2.87. The molecule has 1 aromatic heterocycles. The van der Waals surface area contributed by atoms with E-state index in [-0.39, 0.29) is 17.1 Å². The Morgan fingerprint density at radius 3 is 2.47 bits per heavy atom. The number of carboxylic acids is 1. The number of carbonyl (C=O) groups excluding carboxylic acids is 1. The topological polar surface area (TPSA) is 76.7 Å². The number of hydrogen-bond acceptors (Lipinski definition) is 4. The number of carbonyl (C=O) groups is 2. The summed E-state index contributed by atoms with van der Waals surface area (Å²) in [6.07, 6.45) is 0. The zero-order valence-electron chi connectivity index (χ0n) is 9.84. The van der Waals surface area contributed by atoms with Gasteiger partial charge in [-0.25, -0.2) is 4.79 Å². The van der Waals surface area contributed by atoms with Crippen LogP contribution in [0.25, 0.3) is 0 Å². The smallest absolute Gasteiger partial charge is 0.371 e. The van der Waals surface area contributed by atoms with Gasteiger partial charge in [0.05, 0.1) is 12.7 Å². The van der Waals surface area contributed by atoms with E-state index in [1.807, 2.05) is 0 Å². The Hall–Kier alpha value is -2.27. The lowest BCUT2D eigenvalue weighted by Gasteiger charge is -2.06. The molecule has 0 aliphatic heterocycles. The van der Waals surface area contributed by atoms with Crippen molar-refractivity contribution in [3.63, 3.8) is 0 Å². The van der Waals surface area contributed by atoms with Crippen molar-refractivity contribution >= 4 is 23.4 Å². The van der Waals surface area contributed by atoms with E-state index in [1.165, 1.54) is 31.4 Å². The molecule has 0 amide bonds. The number of benzene rings is 1. The number of furan rings is 1. The van der Waals surface area contributed by atoms with Crippen molar-refractivity contribution in [1.29, 1.82) is 0 Å². The summed E-state index contributed by atoms with van der Waals surface area (Å²) >= 11 is 5.80. The van der Waals surface area contributed by atoms with Gasteiger partial charge >= 0.3 is 5.97 Å². The minimum Gasteiger partial charge on any atom is -0.496 e. The van der Waals surface area contributed by atoms with Crippen molar-refractivity contribution in [1.82, 2.24) is 0 Å². The first-order valence-electron chi connectivity index (χ1n) is 5.24. The lowest BCUT2D eigenvalue weighted by molar-refractivity contribution is 0.0660. The van der Waals surface area contributed by atoms with Gasteiger partial charge in [0.2, 0.25) is 11.5 Å². The van der Waals surface area contributed by atoms with Gasteiger partial charge in [0.25, 0.3) is 0 Å². The average molecular weight is 281 g/mol. The van der Waals surface area contributed by atoms with Gasteiger partial charge in [0.15, 0.2) is 5.76 Å². The third-order valence-corrected chi connectivity index (χ3v) is 2.68. The molecule has 1 heterocycles. The monoisotopic (exact) mass is 280 g/mol. The second-order valence-electron chi connectivity index (χ2n) is 3.64. The molecule has 0 spiro atoms. The number of ether oxygens (including phenoxy) is 1. The first kappa shape index (κ1) is 13.2. The molecule has 2 aromatic rings. The molecule has 1 N–H and O–H groups in total. The summed E-state index contributed by atoms with van der Waals surface area (Å²) in [7, 11) is 1.41. The van der Waals surface area contributed by atoms with E-state index in [0.29, 0.717) is 10.8 Å². The first-order valence-corrected chi connectivity index (χ1v) is 5.62. The van der Waals surface area contributed by atoms with Crippen LogP contribution in [-0.2, 0) is 0 Å². The average Bonchev–Trinajstić information content (AvgIpc) is 2.87. The number of ketones is 1. The van der Waals surface area contributed by atoms with Crippen molar-refractivity contribution in [3.8, 4) is 5.75 Å². The fourth-order valence-electron chi connectivity index (χ4n) is 1.56. The highest BCUT2D eigenvalue weighted by atomic mass is 35.5. The van der Waals surface area contributed by atoms with E-state index in [9.17, 15) is 9.59 Å². The van der Waals surface area contributed by atoms with E-state index in [0.717, 1.165) is 0 Å². The molecule has 1 aromatic carbocycles. The van der Waals surface area contributed by atoms with Crippen molar-refractivity contribution in [2.45, 2.75) is 0 Å². The number of aromatic carboxylic acids is 1. The van der Waals surface area contributed by atoms with Crippen LogP contribution in [0.2, 0.25) is 5.02 Å². The molecule has 0 unspecified atom stereocenters. The van der Waals surface area contributed by atoms with Crippen LogP contribution in [0, 0.1) is 0 Å². The van der Waals surface area contributed by atoms with Gasteiger partial charge in [-0.3, -0.25) is 4.79 Å². The molecular weight excluding hydrogens is 272 g/mol. The molecule has 98 valence electrons. The summed E-state index contributed by atoms with van der Waals surface area (Å²) in [5, 5.41) is 9.17. The van der Waals surface area contributed by atoms with Gasteiger partial charge in [0.1, 0.15) is 5.75 Å². The fraction of sp³-hybridized carbons (Fsp3) is 0.0769. The van der Waals surface area contributed by atoms with Crippen molar-refractivity contribution < 1.29 is 23.8 Å². The summed E-state index contributed by atoms with van der Waals surface area (Å²) in [4.78, 5) is 22.9. The number of carboxylic acid groups (broad SMARTS) is 1. The number of rotatable bonds is 4. The van der Waals surface area contributed by atoms with Crippen LogP contribution in [-0.4, -0.2) is 24.0 Å². The van der Waals surface area contributed by atoms with Crippen LogP contribution < -0.4 is 4.74 Å². The zero-order chi connectivity index (χ0) is 14.0. The van der Waals surface area contributed by atoms with E-state index in [1.54, 1.807) is 6.07 Å². The highest BCUT2D eigenvalue weighted by Gasteiger charge is 2.19. The molecule has 6 heteroatoms. The van der Waals surface area contributed by atoms with Crippen molar-refractivity contribution in [2.75, 3.05) is 7.11 Å². The highest BCUT2D eigenvalue weighted by Crippen LogP contribution is 2.26. The summed E-state index contributed by atoms with van der Waals surface area (Å²) in [6.45, 7) is 0.